The lowest BCUT2D eigenvalue weighted by Crippen LogP contribution is -2.44. The van der Waals surface area contributed by atoms with Gasteiger partial charge in [0, 0.05) is 18.7 Å². The van der Waals surface area contributed by atoms with Gasteiger partial charge in [-0.05, 0) is 6.07 Å². The fourth-order valence-corrected chi connectivity index (χ4v) is 3.01. The topological polar surface area (TPSA) is 50.8 Å². The molecule has 18 heavy (non-hydrogen) atoms. The molecule has 1 aliphatic heterocycles. The van der Waals surface area contributed by atoms with Crippen molar-refractivity contribution in [1.29, 1.82) is 0 Å². The summed E-state index contributed by atoms with van der Waals surface area (Å²) in [6.45, 7) is 3.43. The van der Waals surface area contributed by atoms with Crippen molar-refractivity contribution in [2.45, 2.75) is 6.54 Å². The van der Waals surface area contributed by atoms with Crippen LogP contribution in [-0.4, -0.2) is 37.2 Å². The molecule has 4 nitrogen and oxygen atoms in total. The zero-order valence-electron chi connectivity index (χ0n) is 9.57. The highest BCUT2D eigenvalue weighted by Crippen LogP contribution is 2.31. The molecule has 2 rings (SSSR count). The number of nitrogens with zero attached hydrogens (tertiary/aromatic N) is 2. The highest BCUT2D eigenvalue weighted by Gasteiger charge is 2.12. The Bertz CT molecular complexity index is 421. The Morgan fingerprint density at radius 2 is 2.11 bits per heavy atom. The van der Waals surface area contributed by atoms with E-state index in [-0.39, 0.29) is 24.0 Å². The first kappa shape index (κ1) is 16.3. The van der Waals surface area contributed by atoms with E-state index in [2.05, 4.69) is 4.99 Å². The van der Waals surface area contributed by atoms with E-state index in [0.717, 1.165) is 18.7 Å². The van der Waals surface area contributed by atoms with Crippen molar-refractivity contribution in [3.05, 3.63) is 20.3 Å². The minimum Gasteiger partial charge on any atom is -0.378 e. The summed E-state index contributed by atoms with van der Waals surface area (Å²) in [4.78, 5) is 6.33. The van der Waals surface area contributed by atoms with Crippen LogP contribution >= 0.6 is 58.5 Å². The predicted octanol–water partition coefficient (Wildman–Crippen LogP) is 2.82. The fourth-order valence-electron chi connectivity index (χ4n) is 1.54. The van der Waals surface area contributed by atoms with Crippen LogP contribution in [0.15, 0.2) is 11.1 Å². The van der Waals surface area contributed by atoms with Crippen LogP contribution in [0.1, 0.15) is 5.56 Å². The van der Waals surface area contributed by atoms with Gasteiger partial charge in [0.1, 0.15) is 0 Å². The molecule has 1 fully saturated rings. The third-order valence-corrected chi connectivity index (χ3v) is 4.04. The van der Waals surface area contributed by atoms with Crippen molar-refractivity contribution < 1.29 is 4.74 Å². The molecule has 0 bridgehead atoms. The van der Waals surface area contributed by atoms with Crippen LogP contribution in [0.25, 0.3) is 0 Å². The van der Waals surface area contributed by atoms with Gasteiger partial charge in [-0.2, -0.15) is 0 Å². The predicted molar refractivity (Wildman–Crippen MR) is 87.5 cm³/mol. The molecule has 0 saturated carbocycles. The molecule has 1 aromatic heterocycles. The van der Waals surface area contributed by atoms with Crippen LogP contribution in [-0.2, 0) is 11.3 Å². The molecule has 2 N–H and O–H groups in total. The molecule has 1 saturated heterocycles. The molecular weight excluding hydrogens is 408 g/mol. The van der Waals surface area contributed by atoms with Gasteiger partial charge in [0.2, 0.25) is 0 Å². The number of nitrogens with two attached hydrogens (primary N) is 1. The van der Waals surface area contributed by atoms with Gasteiger partial charge < -0.3 is 15.4 Å². The van der Waals surface area contributed by atoms with E-state index in [4.69, 9.17) is 33.7 Å². The van der Waals surface area contributed by atoms with Gasteiger partial charge >= 0.3 is 0 Å². The van der Waals surface area contributed by atoms with Crippen LogP contribution in [0.4, 0.5) is 0 Å². The van der Waals surface area contributed by atoms with Crippen LogP contribution < -0.4 is 5.73 Å². The molecule has 8 heteroatoms. The minimum absolute atomic E-state index is 0. The maximum Gasteiger partial charge on any atom is 0.191 e. The Morgan fingerprint density at radius 1 is 1.44 bits per heavy atom. The lowest BCUT2D eigenvalue weighted by atomic mass is 10.3. The third-order valence-electron chi connectivity index (χ3n) is 2.47. The summed E-state index contributed by atoms with van der Waals surface area (Å²) < 4.78 is 6.59. The fraction of sp³-hybridized carbons (Fsp3) is 0.500. The average Bonchev–Trinajstić information content (AvgIpc) is 2.66. The van der Waals surface area contributed by atoms with Crippen molar-refractivity contribution in [3.63, 3.8) is 0 Å². The molecular formula is C10H14Cl2IN3OS. The average molecular weight is 422 g/mol. The first-order chi connectivity index (χ1) is 8.16. The zero-order chi connectivity index (χ0) is 12.3. The summed E-state index contributed by atoms with van der Waals surface area (Å²) in [6, 6.07) is 1.82. The van der Waals surface area contributed by atoms with E-state index in [0.29, 0.717) is 34.4 Å². The summed E-state index contributed by atoms with van der Waals surface area (Å²) in [5.41, 5.74) is 6.82. The van der Waals surface area contributed by atoms with Crippen LogP contribution in [0.5, 0.6) is 0 Å². The van der Waals surface area contributed by atoms with E-state index in [1.165, 1.54) is 11.3 Å². The molecule has 0 aromatic carbocycles. The van der Waals surface area contributed by atoms with Crippen LogP contribution in [0.3, 0.4) is 0 Å². The highest BCUT2D eigenvalue weighted by molar-refractivity contribution is 14.0. The number of hydrogen-bond acceptors (Lipinski definition) is 3. The van der Waals surface area contributed by atoms with Gasteiger partial charge in [0.25, 0.3) is 0 Å². The van der Waals surface area contributed by atoms with Crippen molar-refractivity contribution in [1.82, 2.24) is 4.90 Å². The SMILES string of the molecule is I.NC(=NCc1cc(Cl)sc1Cl)N1CCOCC1. The molecule has 0 aliphatic carbocycles. The van der Waals surface area contributed by atoms with Crippen LogP contribution in [0.2, 0.25) is 8.67 Å². The minimum atomic E-state index is 0. The molecule has 0 amide bonds. The van der Waals surface area contributed by atoms with Gasteiger partial charge in [0.05, 0.1) is 28.4 Å². The summed E-state index contributed by atoms with van der Waals surface area (Å²) in [7, 11) is 0. The highest BCUT2D eigenvalue weighted by atomic mass is 127. The zero-order valence-corrected chi connectivity index (χ0v) is 14.2. The molecule has 1 aliphatic rings. The summed E-state index contributed by atoms with van der Waals surface area (Å²) in [5.74, 6) is 0.534. The molecule has 0 radical (unpaired) electrons. The number of guanidine groups is 1. The smallest absolute Gasteiger partial charge is 0.191 e. The van der Waals surface area contributed by atoms with Crippen LogP contribution in [0, 0.1) is 0 Å². The van der Waals surface area contributed by atoms with E-state index >= 15 is 0 Å². The van der Waals surface area contributed by atoms with E-state index in [1.807, 2.05) is 11.0 Å². The number of hydrogen-bond donors (Lipinski definition) is 1. The molecule has 2 heterocycles. The Labute approximate surface area is 137 Å². The Kier molecular flexibility index (Phi) is 7.01. The van der Waals surface area contributed by atoms with Gasteiger partial charge in [0.15, 0.2) is 5.96 Å². The second-order valence-corrected chi connectivity index (χ2v) is 5.91. The Balaban J connectivity index is 0.00000162. The molecule has 0 spiro atoms. The summed E-state index contributed by atoms with van der Waals surface area (Å²) in [6.07, 6.45) is 0. The number of morpholine rings is 1. The van der Waals surface area contributed by atoms with Crippen molar-refractivity contribution in [2.24, 2.45) is 10.7 Å². The number of ether oxygens (including phenoxy) is 1. The van der Waals surface area contributed by atoms with E-state index in [9.17, 15) is 0 Å². The lowest BCUT2D eigenvalue weighted by Gasteiger charge is -2.27. The van der Waals surface area contributed by atoms with E-state index < -0.39 is 0 Å². The lowest BCUT2D eigenvalue weighted by molar-refractivity contribution is 0.0674. The molecule has 0 atom stereocenters. The van der Waals surface area contributed by atoms with Crippen molar-refractivity contribution in [3.8, 4) is 0 Å². The molecule has 102 valence electrons. The van der Waals surface area contributed by atoms with Gasteiger partial charge in [-0.25, -0.2) is 4.99 Å². The first-order valence-corrected chi connectivity index (χ1v) is 6.80. The maximum atomic E-state index is 6.00. The third kappa shape index (κ3) is 4.41. The quantitative estimate of drug-likeness (QED) is 0.453. The number of aliphatic imine (C=N–C) groups is 1. The van der Waals surface area contributed by atoms with Crippen molar-refractivity contribution in [2.75, 3.05) is 26.3 Å². The normalized spacial score (nSPS) is 16.6. The molecule has 1 aromatic rings. The Morgan fingerprint density at radius 3 is 2.67 bits per heavy atom. The largest absolute Gasteiger partial charge is 0.378 e. The number of halogens is 3. The summed E-state index contributed by atoms with van der Waals surface area (Å²) >= 11 is 13.2. The Hall–Kier alpha value is 0.240. The maximum absolute atomic E-state index is 6.00. The number of thiophene rings is 1. The van der Waals surface area contributed by atoms with Crippen molar-refractivity contribution >= 4 is 64.5 Å². The standard InChI is InChI=1S/C10H13Cl2N3OS.HI/c11-8-5-7(9(12)17-8)6-14-10(13)15-1-3-16-4-2-15;/h5H,1-4,6H2,(H2,13,14);1H. The van der Waals surface area contributed by atoms with Gasteiger partial charge in [-0.3, -0.25) is 0 Å². The number of rotatable bonds is 2. The van der Waals surface area contributed by atoms with Gasteiger partial charge in [-0.1, -0.05) is 23.2 Å². The second kappa shape index (κ2) is 7.74. The second-order valence-electron chi connectivity index (χ2n) is 3.62. The van der Waals surface area contributed by atoms with E-state index in [1.54, 1.807) is 0 Å². The first-order valence-electron chi connectivity index (χ1n) is 5.23. The summed E-state index contributed by atoms with van der Waals surface area (Å²) in [5, 5.41) is 0. The molecule has 0 unspecified atom stereocenters. The van der Waals surface area contributed by atoms with Gasteiger partial charge in [-0.15, -0.1) is 35.3 Å². The monoisotopic (exact) mass is 421 g/mol.